The van der Waals surface area contributed by atoms with E-state index in [0.717, 1.165) is 31.2 Å². The zero-order valence-electron chi connectivity index (χ0n) is 19.5. The average molecular weight is 487 g/mol. The third-order valence-corrected chi connectivity index (χ3v) is 7.38. The van der Waals surface area contributed by atoms with Crippen molar-refractivity contribution in [3.8, 4) is 5.75 Å². The second-order valence-corrected chi connectivity index (χ2v) is 9.78. The lowest BCUT2D eigenvalue weighted by atomic mass is 10.1. The number of methoxy groups -OCH3 is 1. The molecule has 8 nitrogen and oxygen atoms in total. The summed E-state index contributed by atoms with van der Waals surface area (Å²) in [7, 11) is -2.28. The van der Waals surface area contributed by atoms with Gasteiger partial charge in [0.15, 0.2) is 0 Å². The summed E-state index contributed by atoms with van der Waals surface area (Å²) in [6.45, 7) is 3.00. The molecule has 2 aromatic carbocycles. The number of hydrogen-bond donors (Lipinski definition) is 1. The first-order chi connectivity index (χ1) is 16.3. The number of hydrogen-bond acceptors (Lipinski definition) is 6. The third kappa shape index (κ3) is 6.45. The Morgan fingerprint density at radius 2 is 1.71 bits per heavy atom. The lowest BCUT2D eigenvalue weighted by molar-refractivity contribution is -0.137. The third-order valence-electron chi connectivity index (χ3n) is 5.49. The number of rotatable bonds is 8. The minimum atomic E-state index is -3.71. The summed E-state index contributed by atoms with van der Waals surface area (Å²) in [5.41, 5.74) is 1.40. The van der Waals surface area contributed by atoms with Crippen LogP contribution in [0.25, 0.3) is 6.08 Å². The second-order valence-electron chi connectivity index (χ2n) is 7.84. The van der Waals surface area contributed by atoms with Gasteiger partial charge in [-0.15, -0.1) is 0 Å². The van der Waals surface area contributed by atoms with Gasteiger partial charge in [-0.1, -0.05) is 25.0 Å². The van der Waals surface area contributed by atoms with Crippen LogP contribution < -0.4 is 10.1 Å². The summed E-state index contributed by atoms with van der Waals surface area (Å²) in [6, 6.07) is 11.2. The zero-order chi connectivity index (χ0) is 24.6. The van der Waals surface area contributed by atoms with Gasteiger partial charge in [-0.05, 0) is 61.7 Å². The molecule has 2 aromatic rings. The van der Waals surface area contributed by atoms with Crippen molar-refractivity contribution >= 4 is 33.7 Å². The highest BCUT2D eigenvalue weighted by molar-refractivity contribution is 7.89. The van der Waals surface area contributed by atoms with Crippen LogP contribution in [0.15, 0.2) is 53.4 Å². The van der Waals surface area contributed by atoms with E-state index >= 15 is 0 Å². The SMILES string of the molecule is CCOC(=O)/C=C/c1ccc(NC(=O)c2cc(S(=O)(=O)N3CCCCCC3)ccc2OC)cc1. The average Bonchev–Trinajstić information content (AvgIpc) is 3.14. The molecule has 0 bridgehead atoms. The lowest BCUT2D eigenvalue weighted by Crippen LogP contribution is -2.32. The highest BCUT2D eigenvalue weighted by Crippen LogP contribution is 2.27. The van der Waals surface area contributed by atoms with E-state index in [1.165, 1.54) is 35.7 Å². The summed E-state index contributed by atoms with van der Waals surface area (Å²) in [6.07, 6.45) is 6.63. The molecule has 1 aliphatic rings. The van der Waals surface area contributed by atoms with Gasteiger partial charge in [0.2, 0.25) is 10.0 Å². The topological polar surface area (TPSA) is 102 Å². The molecule has 182 valence electrons. The van der Waals surface area contributed by atoms with Gasteiger partial charge in [0.05, 0.1) is 24.2 Å². The normalized spacial score (nSPS) is 15.0. The number of nitrogens with one attached hydrogen (secondary N) is 1. The quantitative estimate of drug-likeness (QED) is 0.445. The summed E-state index contributed by atoms with van der Waals surface area (Å²) in [5.74, 6) is -0.636. The number of anilines is 1. The predicted octanol–water partition coefficient (Wildman–Crippen LogP) is 4.09. The molecule has 0 radical (unpaired) electrons. The number of nitrogens with zero attached hydrogens (tertiary/aromatic N) is 1. The summed E-state index contributed by atoms with van der Waals surface area (Å²) < 4.78 is 38.0. The van der Waals surface area contributed by atoms with E-state index in [2.05, 4.69) is 5.32 Å². The molecule has 0 unspecified atom stereocenters. The van der Waals surface area contributed by atoms with Crippen LogP contribution in [0.3, 0.4) is 0 Å². The number of esters is 1. The number of sulfonamides is 1. The standard InChI is InChI=1S/C25H30N2O6S/c1-3-33-24(28)15-10-19-8-11-20(12-9-19)26-25(29)22-18-21(13-14-23(22)32-2)34(30,31)27-16-6-4-5-7-17-27/h8-15,18H,3-7,16-17H2,1-2H3,(H,26,29)/b15-10+. The minimum Gasteiger partial charge on any atom is -0.496 e. The Morgan fingerprint density at radius 3 is 2.32 bits per heavy atom. The fraction of sp³-hybridized carbons (Fsp3) is 0.360. The van der Waals surface area contributed by atoms with Crippen LogP contribution in [-0.2, 0) is 19.6 Å². The monoisotopic (exact) mass is 486 g/mol. The molecule has 34 heavy (non-hydrogen) atoms. The van der Waals surface area contributed by atoms with E-state index in [4.69, 9.17) is 9.47 Å². The number of ether oxygens (including phenoxy) is 2. The van der Waals surface area contributed by atoms with Crippen molar-refractivity contribution in [2.24, 2.45) is 0 Å². The van der Waals surface area contributed by atoms with E-state index in [1.807, 2.05) is 0 Å². The van der Waals surface area contributed by atoms with Crippen LogP contribution in [0, 0.1) is 0 Å². The Bertz CT molecular complexity index is 1130. The number of carbonyl (C=O) groups excluding carboxylic acids is 2. The predicted molar refractivity (Wildman–Crippen MR) is 130 cm³/mol. The van der Waals surface area contributed by atoms with Crippen molar-refractivity contribution in [1.82, 2.24) is 4.31 Å². The van der Waals surface area contributed by atoms with Crippen molar-refractivity contribution in [2.45, 2.75) is 37.5 Å². The molecule has 1 fully saturated rings. The first-order valence-corrected chi connectivity index (χ1v) is 12.7. The molecule has 3 rings (SSSR count). The molecule has 1 aliphatic heterocycles. The molecule has 1 amide bonds. The van der Waals surface area contributed by atoms with Crippen LogP contribution in [0.2, 0.25) is 0 Å². The smallest absolute Gasteiger partial charge is 0.330 e. The van der Waals surface area contributed by atoms with Gasteiger partial charge in [0, 0.05) is 24.9 Å². The zero-order valence-corrected chi connectivity index (χ0v) is 20.3. The Labute approximate surface area is 200 Å². The summed E-state index contributed by atoms with van der Waals surface area (Å²) in [4.78, 5) is 24.5. The van der Waals surface area contributed by atoms with Crippen molar-refractivity contribution in [3.63, 3.8) is 0 Å². The molecule has 0 spiro atoms. The van der Waals surface area contributed by atoms with Crippen LogP contribution in [0.1, 0.15) is 48.5 Å². The highest BCUT2D eigenvalue weighted by atomic mass is 32.2. The molecule has 0 aromatic heterocycles. The fourth-order valence-electron chi connectivity index (χ4n) is 3.69. The Balaban J connectivity index is 1.78. The maximum Gasteiger partial charge on any atom is 0.330 e. The van der Waals surface area contributed by atoms with E-state index in [9.17, 15) is 18.0 Å². The second kappa shape index (κ2) is 11.8. The molecule has 9 heteroatoms. The van der Waals surface area contributed by atoms with Crippen molar-refractivity contribution in [2.75, 3.05) is 32.1 Å². The highest BCUT2D eigenvalue weighted by Gasteiger charge is 2.27. The van der Waals surface area contributed by atoms with Crippen molar-refractivity contribution in [1.29, 1.82) is 0 Å². The Kier molecular flexibility index (Phi) is 8.84. The molecule has 0 atom stereocenters. The molecule has 0 saturated carbocycles. The fourth-order valence-corrected chi connectivity index (χ4v) is 5.23. The maximum absolute atomic E-state index is 13.2. The Morgan fingerprint density at radius 1 is 1.03 bits per heavy atom. The largest absolute Gasteiger partial charge is 0.496 e. The molecular weight excluding hydrogens is 456 g/mol. The van der Waals surface area contributed by atoms with E-state index in [-0.39, 0.29) is 16.2 Å². The van der Waals surface area contributed by atoms with Gasteiger partial charge in [0.25, 0.3) is 5.91 Å². The number of amides is 1. The Hall–Kier alpha value is -3.17. The number of benzene rings is 2. The van der Waals surface area contributed by atoms with Gasteiger partial charge < -0.3 is 14.8 Å². The van der Waals surface area contributed by atoms with Gasteiger partial charge in [0.1, 0.15) is 5.75 Å². The van der Waals surface area contributed by atoms with Crippen LogP contribution in [-0.4, -0.2) is 51.4 Å². The van der Waals surface area contributed by atoms with Gasteiger partial charge >= 0.3 is 5.97 Å². The van der Waals surface area contributed by atoms with Crippen molar-refractivity contribution < 1.29 is 27.5 Å². The van der Waals surface area contributed by atoms with E-state index < -0.39 is 21.9 Å². The van der Waals surface area contributed by atoms with Gasteiger partial charge in [-0.25, -0.2) is 13.2 Å². The van der Waals surface area contributed by atoms with Gasteiger partial charge in [-0.2, -0.15) is 4.31 Å². The molecule has 1 N–H and O–H groups in total. The van der Waals surface area contributed by atoms with Crippen molar-refractivity contribution in [3.05, 3.63) is 59.7 Å². The molecule has 1 heterocycles. The van der Waals surface area contributed by atoms with E-state index in [1.54, 1.807) is 37.3 Å². The maximum atomic E-state index is 13.2. The first-order valence-electron chi connectivity index (χ1n) is 11.3. The van der Waals surface area contributed by atoms with Gasteiger partial charge in [-0.3, -0.25) is 4.79 Å². The first kappa shape index (κ1) is 25.5. The minimum absolute atomic E-state index is 0.0693. The van der Waals surface area contributed by atoms with Crippen LogP contribution in [0.4, 0.5) is 5.69 Å². The molecular formula is C25H30N2O6S. The van der Waals surface area contributed by atoms with E-state index in [0.29, 0.717) is 25.4 Å². The molecule has 1 saturated heterocycles. The number of carbonyl (C=O) groups is 2. The summed E-state index contributed by atoms with van der Waals surface area (Å²) in [5, 5.41) is 2.77. The lowest BCUT2D eigenvalue weighted by Gasteiger charge is -2.20. The summed E-state index contributed by atoms with van der Waals surface area (Å²) >= 11 is 0. The van der Waals surface area contributed by atoms with Crippen LogP contribution >= 0.6 is 0 Å². The van der Waals surface area contributed by atoms with Crippen LogP contribution in [0.5, 0.6) is 5.75 Å². The molecule has 0 aliphatic carbocycles.